The Bertz CT molecular complexity index is 3360. The van der Waals surface area contributed by atoms with Crippen LogP contribution in [0.15, 0.2) is 152 Å². The van der Waals surface area contributed by atoms with Crippen molar-refractivity contribution in [2.24, 2.45) is 0 Å². The van der Waals surface area contributed by atoms with Gasteiger partial charge in [-0.3, -0.25) is 38.6 Å². The number of aryl methyl sites for hydroxylation is 1. The van der Waals surface area contributed by atoms with Crippen LogP contribution in [0, 0.1) is 31.1 Å². The number of amides is 6. The van der Waals surface area contributed by atoms with Crippen molar-refractivity contribution in [1.29, 1.82) is 0 Å². The van der Waals surface area contributed by atoms with Gasteiger partial charge in [-0.25, -0.2) is 4.90 Å². The molecule has 0 N–H and O–H groups in total. The smallest absolute Gasteiger partial charge is 0.266 e. The number of nitrogens with zero attached hydrogens (tertiary/aromatic N) is 3. The minimum atomic E-state index is -0.591. The number of benzene rings is 7. The Morgan fingerprint density at radius 3 is 1.29 bits per heavy atom. The van der Waals surface area contributed by atoms with Gasteiger partial charge in [0.15, 0.2) is 0 Å². The summed E-state index contributed by atoms with van der Waals surface area (Å²) >= 11 is 0. The van der Waals surface area contributed by atoms with Crippen molar-refractivity contribution in [2.75, 3.05) is 19.0 Å². The van der Waals surface area contributed by atoms with Gasteiger partial charge in [0.25, 0.3) is 35.4 Å². The fraction of sp³-hybridized carbons (Fsp3) is 0.0714. The van der Waals surface area contributed by atoms with Gasteiger partial charge in [-0.05, 0) is 107 Å². The van der Waals surface area contributed by atoms with Gasteiger partial charge < -0.3 is 0 Å². The number of carbonyl (C=O) groups is 6. The van der Waals surface area contributed by atoms with E-state index in [9.17, 15) is 28.8 Å². The second-order valence-electron chi connectivity index (χ2n) is 16.2. The molecule has 0 atom stereocenters. The number of hydrogen-bond donors (Lipinski definition) is 0. The van der Waals surface area contributed by atoms with Gasteiger partial charge >= 0.3 is 0 Å². The molecule has 4 aliphatic rings. The molecular formula is C56H35N3O6. The third-order valence-electron chi connectivity index (χ3n) is 12.6. The molecule has 310 valence electrons. The van der Waals surface area contributed by atoms with E-state index in [1.807, 2.05) is 24.3 Å². The van der Waals surface area contributed by atoms with Crippen LogP contribution in [-0.2, 0) is 5.41 Å². The van der Waals surface area contributed by atoms with Gasteiger partial charge in [0, 0.05) is 30.8 Å². The summed E-state index contributed by atoms with van der Waals surface area (Å²) in [5.41, 5.74) is 11.8. The number of anilines is 1. The third kappa shape index (κ3) is 6.13. The molecule has 0 unspecified atom stereocenters. The van der Waals surface area contributed by atoms with Crippen LogP contribution in [0.3, 0.4) is 0 Å². The van der Waals surface area contributed by atoms with Crippen LogP contribution < -0.4 is 4.90 Å². The molecule has 7 aromatic carbocycles. The Kier molecular flexibility index (Phi) is 9.37. The lowest BCUT2D eigenvalue weighted by molar-refractivity contribution is 0.0677. The Hall–Kier alpha value is -8.92. The molecule has 0 bridgehead atoms. The van der Waals surface area contributed by atoms with Crippen LogP contribution in [0.2, 0.25) is 0 Å². The maximum Gasteiger partial charge on any atom is 0.266 e. The van der Waals surface area contributed by atoms with Gasteiger partial charge in [0.2, 0.25) is 0 Å². The molecule has 0 saturated heterocycles. The number of terminal acetylenes is 1. The van der Waals surface area contributed by atoms with Crippen molar-refractivity contribution >= 4 is 41.1 Å². The topological polar surface area (TPSA) is 112 Å². The van der Waals surface area contributed by atoms with Crippen molar-refractivity contribution < 1.29 is 28.8 Å². The highest BCUT2D eigenvalue weighted by atomic mass is 16.2. The first-order chi connectivity index (χ1) is 31.4. The molecular weight excluding hydrogens is 811 g/mol. The summed E-state index contributed by atoms with van der Waals surface area (Å²) in [6.45, 7) is 2.08. The van der Waals surface area contributed by atoms with Crippen molar-refractivity contribution in [3.8, 4) is 35.3 Å². The minimum absolute atomic E-state index is 0.270. The second kappa shape index (κ2) is 15.2. The molecule has 0 aromatic heterocycles. The highest BCUT2D eigenvalue weighted by Crippen LogP contribution is 2.56. The SMILES string of the molecule is C#Cc1ccc2c(c1)C(=O)N(C)C2=O.Cc1ccc(C2(c3ccc(N4C(=O)c5ccc(C#Cc6ccc7c(c6)C(=O)N(C)C7=O)cc5C4=O)cc3)c3ccccc3-c3ccccc32)cc1. The summed E-state index contributed by atoms with van der Waals surface area (Å²) in [7, 11) is 2.91. The van der Waals surface area contributed by atoms with Crippen molar-refractivity contribution in [3.05, 3.63) is 230 Å². The van der Waals surface area contributed by atoms with E-state index < -0.39 is 17.2 Å². The van der Waals surface area contributed by atoms with Crippen LogP contribution in [-0.4, -0.2) is 59.3 Å². The third-order valence-corrected chi connectivity index (χ3v) is 12.6. The van der Waals surface area contributed by atoms with Gasteiger partial charge in [0.05, 0.1) is 44.5 Å². The molecule has 0 spiro atoms. The van der Waals surface area contributed by atoms with E-state index in [1.165, 1.54) is 46.8 Å². The normalized spacial score (nSPS) is 14.8. The molecule has 0 saturated carbocycles. The maximum absolute atomic E-state index is 13.8. The molecule has 6 amide bonds. The van der Waals surface area contributed by atoms with E-state index in [0.29, 0.717) is 50.2 Å². The molecule has 65 heavy (non-hydrogen) atoms. The van der Waals surface area contributed by atoms with Gasteiger partial charge in [-0.2, -0.15) is 0 Å². The monoisotopic (exact) mass is 845 g/mol. The lowest BCUT2D eigenvalue weighted by atomic mass is 9.67. The van der Waals surface area contributed by atoms with E-state index in [4.69, 9.17) is 6.42 Å². The predicted molar refractivity (Wildman–Crippen MR) is 246 cm³/mol. The Morgan fingerprint density at radius 2 is 0.800 bits per heavy atom. The highest BCUT2D eigenvalue weighted by Gasteiger charge is 2.46. The fourth-order valence-corrected chi connectivity index (χ4v) is 9.28. The fourth-order valence-electron chi connectivity index (χ4n) is 9.28. The summed E-state index contributed by atoms with van der Waals surface area (Å²) in [6.07, 6.45) is 5.20. The first-order valence-electron chi connectivity index (χ1n) is 20.7. The summed E-state index contributed by atoms with van der Waals surface area (Å²) in [5, 5.41) is 0. The summed E-state index contributed by atoms with van der Waals surface area (Å²) in [4.78, 5) is 78.6. The zero-order valence-corrected chi connectivity index (χ0v) is 35.3. The van der Waals surface area contributed by atoms with Gasteiger partial charge in [0.1, 0.15) is 0 Å². The van der Waals surface area contributed by atoms with Crippen molar-refractivity contribution in [2.45, 2.75) is 12.3 Å². The first kappa shape index (κ1) is 40.2. The van der Waals surface area contributed by atoms with Crippen molar-refractivity contribution in [1.82, 2.24) is 9.80 Å². The van der Waals surface area contributed by atoms with Gasteiger partial charge in [-0.1, -0.05) is 108 Å². The molecule has 3 heterocycles. The largest absolute Gasteiger partial charge is 0.277 e. The van der Waals surface area contributed by atoms with Crippen LogP contribution in [0.4, 0.5) is 5.69 Å². The average molecular weight is 846 g/mol. The van der Waals surface area contributed by atoms with Crippen LogP contribution in [0.5, 0.6) is 0 Å². The molecule has 11 rings (SSSR count). The van der Waals surface area contributed by atoms with E-state index in [1.54, 1.807) is 54.6 Å². The van der Waals surface area contributed by atoms with E-state index >= 15 is 0 Å². The van der Waals surface area contributed by atoms with Crippen molar-refractivity contribution in [3.63, 3.8) is 0 Å². The highest BCUT2D eigenvalue weighted by molar-refractivity contribution is 6.34. The number of fused-ring (bicyclic) bond motifs is 6. The number of carbonyl (C=O) groups excluding carboxylic acids is 6. The molecule has 9 heteroatoms. The van der Waals surface area contributed by atoms with Crippen LogP contribution in [0.1, 0.15) is 107 Å². The number of hydrogen-bond acceptors (Lipinski definition) is 6. The molecule has 9 nitrogen and oxygen atoms in total. The molecule has 7 aromatic rings. The van der Waals surface area contributed by atoms with Gasteiger partial charge in [-0.15, -0.1) is 6.42 Å². The average Bonchev–Trinajstić information content (AvgIpc) is 3.94. The summed E-state index contributed by atoms with van der Waals surface area (Å²) < 4.78 is 0. The molecule has 0 radical (unpaired) electrons. The summed E-state index contributed by atoms with van der Waals surface area (Å²) in [6, 6.07) is 48.1. The Morgan fingerprint density at radius 1 is 0.415 bits per heavy atom. The molecule has 0 fully saturated rings. The number of imide groups is 3. The van der Waals surface area contributed by atoms with E-state index in [0.717, 1.165) is 20.9 Å². The lowest BCUT2D eigenvalue weighted by Gasteiger charge is -2.34. The van der Waals surface area contributed by atoms with Crippen LogP contribution in [0.25, 0.3) is 11.1 Å². The Balaban J connectivity index is 0.000000303. The number of rotatable bonds is 3. The zero-order valence-electron chi connectivity index (χ0n) is 35.3. The first-order valence-corrected chi connectivity index (χ1v) is 20.7. The Labute approximate surface area is 374 Å². The van der Waals surface area contributed by atoms with E-state index in [2.05, 4.69) is 97.5 Å². The van der Waals surface area contributed by atoms with Crippen LogP contribution >= 0.6 is 0 Å². The maximum atomic E-state index is 13.8. The second-order valence-corrected chi connectivity index (χ2v) is 16.2. The molecule has 1 aliphatic carbocycles. The summed E-state index contributed by atoms with van der Waals surface area (Å²) in [5.74, 6) is 6.43. The molecule has 3 aliphatic heterocycles. The standard InChI is InChI=1S/C45H28N2O4.C11H7NO2/c1-27-11-17-30(18-12-27)45(39-9-5-3-7-33(39)34-8-4-6-10-40(34)45)31-19-21-32(22-20-31)47-43(50)36-24-16-29(26-38(36)44(47)51)14-13-28-15-23-35-37(25-28)42(49)46(2)41(35)48;1-3-7-4-5-8-9(6-7)11(14)12(2)10(8)13/h3-12,15-26H,1-2H3;1,4-6H,2H3. The lowest BCUT2D eigenvalue weighted by Crippen LogP contribution is -2.30. The van der Waals surface area contributed by atoms with E-state index in [-0.39, 0.29) is 29.2 Å². The predicted octanol–water partition coefficient (Wildman–Crippen LogP) is 8.68. The zero-order chi connectivity index (χ0) is 45.3. The minimum Gasteiger partial charge on any atom is -0.277 e. The quantitative estimate of drug-likeness (QED) is 0.130.